The number of aliphatic carboxylic acids is 1. The van der Waals surface area contributed by atoms with E-state index in [0.717, 1.165) is 38.5 Å². The average molecular weight is 274 g/mol. The van der Waals surface area contributed by atoms with Gasteiger partial charge in [-0.2, -0.15) is 0 Å². The molecule has 0 saturated carbocycles. The molecule has 112 valence electrons. The fraction of sp³-hybridized carbons (Fsp3) is 0.857. The van der Waals surface area contributed by atoms with Crippen LogP contribution in [0.25, 0.3) is 0 Å². The van der Waals surface area contributed by atoms with E-state index >= 15 is 0 Å². The van der Waals surface area contributed by atoms with Crippen molar-refractivity contribution in [1.29, 1.82) is 0 Å². The van der Waals surface area contributed by atoms with Crippen molar-refractivity contribution < 1.29 is 24.2 Å². The largest absolute Gasteiger partial charge is 0.481 e. The number of unbranched alkanes of at least 4 members (excludes halogenated alkanes) is 5. The summed E-state index contributed by atoms with van der Waals surface area (Å²) in [6, 6.07) is 0. The smallest absolute Gasteiger partial charge is 0.308 e. The molecule has 5 nitrogen and oxygen atoms in total. The van der Waals surface area contributed by atoms with Crippen LogP contribution in [-0.4, -0.2) is 29.9 Å². The van der Waals surface area contributed by atoms with Gasteiger partial charge in [0.2, 0.25) is 0 Å². The molecule has 1 atom stereocenters. The molecule has 0 bridgehead atoms. The van der Waals surface area contributed by atoms with Crippen molar-refractivity contribution in [1.82, 2.24) is 0 Å². The molecule has 0 spiro atoms. The SMILES string of the molecule is CCOC(C)OC(=O)CCCCCCCCC(=O)O. The van der Waals surface area contributed by atoms with Crippen molar-refractivity contribution in [3.8, 4) is 0 Å². The van der Waals surface area contributed by atoms with E-state index in [1.165, 1.54) is 0 Å². The molecule has 0 saturated heterocycles. The van der Waals surface area contributed by atoms with Crippen LogP contribution in [0, 0.1) is 0 Å². The van der Waals surface area contributed by atoms with Crippen LogP contribution in [0.3, 0.4) is 0 Å². The van der Waals surface area contributed by atoms with E-state index in [9.17, 15) is 9.59 Å². The van der Waals surface area contributed by atoms with Crippen molar-refractivity contribution in [2.45, 2.75) is 71.5 Å². The third-order valence-corrected chi connectivity index (χ3v) is 2.72. The summed E-state index contributed by atoms with van der Waals surface area (Å²) in [4.78, 5) is 21.7. The van der Waals surface area contributed by atoms with E-state index in [0.29, 0.717) is 13.0 Å². The molecule has 0 aliphatic rings. The quantitative estimate of drug-likeness (QED) is 0.336. The molecule has 0 aromatic heterocycles. The molecule has 0 amide bonds. The maximum Gasteiger partial charge on any atom is 0.308 e. The summed E-state index contributed by atoms with van der Waals surface area (Å²) in [7, 11) is 0. The molecule has 0 aromatic carbocycles. The fourth-order valence-electron chi connectivity index (χ4n) is 1.77. The summed E-state index contributed by atoms with van der Waals surface area (Å²) in [5.41, 5.74) is 0. The van der Waals surface area contributed by atoms with Crippen molar-refractivity contribution >= 4 is 11.9 Å². The highest BCUT2D eigenvalue weighted by molar-refractivity contribution is 5.69. The summed E-state index contributed by atoms with van der Waals surface area (Å²) in [6.45, 7) is 4.10. The van der Waals surface area contributed by atoms with Gasteiger partial charge in [0.25, 0.3) is 0 Å². The van der Waals surface area contributed by atoms with Gasteiger partial charge in [0.05, 0.1) is 0 Å². The van der Waals surface area contributed by atoms with E-state index in [1.54, 1.807) is 6.92 Å². The van der Waals surface area contributed by atoms with Gasteiger partial charge < -0.3 is 14.6 Å². The molecule has 0 fully saturated rings. The van der Waals surface area contributed by atoms with Crippen molar-refractivity contribution in [2.75, 3.05) is 6.61 Å². The topological polar surface area (TPSA) is 72.8 Å². The van der Waals surface area contributed by atoms with Gasteiger partial charge in [-0.1, -0.05) is 25.7 Å². The van der Waals surface area contributed by atoms with Crippen LogP contribution in [0.4, 0.5) is 0 Å². The van der Waals surface area contributed by atoms with Gasteiger partial charge in [0.15, 0.2) is 6.29 Å². The fourth-order valence-corrected chi connectivity index (χ4v) is 1.77. The average Bonchev–Trinajstić information content (AvgIpc) is 2.32. The Labute approximate surface area is 115 Å². The minimum absolute atomic E-state index is 0.216. The van der Waals surface area contributed by atoms with Gasteiger partial charge in [-0.15, -0.1) is 0 Å². The first kappa shape index (κ1) is 17.9. The zero-order valence-corrected chi connectivity index (χ0v) is 12.0. The molecule has 0 rings (SSSR count). The molecule has 0 aliphatic carbocycles. The maximum atomic E-state index is 11.4. The van der Waals surface area contributed by atoms with Crippen molar-refractivity contribution in [2.24, 2.45) is 0 Å². The molecule has 0 radical (unpaired) electrons. The summed E-state index contributed by atoms with van der Waals surface area (Å²) in [6.07, 6.45) is 5.75. The number of carboxylic acids is 1. The molecule has 0 aromatic rings. The summed E-state index contributed by atoms with van der Waals surface area (Å²) >= 11 is 0. The van der Waals surface area contributed by atoms with E-state index < -0.39 is 12.3 Å². The zero-order valence-electron chi connectivity index (χ0n) is 12.0. The van der Waals surface area contributed by atoms with Crippen LogP contribution < -0.4 is 0 Å². The summed E-state index contributed by atoms with van der Waals surface area (Å²) in [5, 5.41) is 8.46. The van der Waals surface area contributed by atoms with E-state index in [2.05, 4.69) is 0 Å². The molecular weight excluding hydrogens is 248 g/mol. The van der Waals surface area contributed by atoms with Crippen molar-refractivity contribution in [3.63, 3.8) is 0 Å². The minimum atomic E-state index is -0.730. The summed E-state index contributed by atoms with van der Waals surface area (Å²) < 4.78 is 10.1. The van der Waals surface area contributed by atoms with Gasteiger partial charge in [0, 0.05) is 19.4 Å². The van der Waals surface area contributed by atoms with E-state index in [-0.39, 0.29) is 12.4 Å². The Bertz CT molecular complexity index is 252. The molecular formula is C14H26O5. The number of carbonyl (C=O) groups excluding carboxylic acids is 1. The lowest BCUT2D eigenvalue weighted by Gasteiger charge is -2.12. The number of carboxylic acid groups (broad SMARTS) is 1. The predicted molar refractivity (Wildman–Crippen MR) is 71.8 cm³/mol. The highest BCUT2D eigenvalue weighted by atomic mass is 16.7. The predicted octanol–water partition coefficient (Wildman–Crippen LogP) is 3.12. The van der Waals surface area contributed by atoms with Gasteiger partial charge in [-0.05, 0) is 26.7 Å². The van der Waals surface area contributed by atoms with Crippen LogP contribution in [0.2, 0.25) is 0 Å². The number of ether oxygens (including phenoxy) is 2. The Balaban J connectivity index is 3.29. The summed E-state index contributed by atoms with van der Waals surface area (Å²) in [5.74, 6) is -0.946. The van der Waals surface area contributed by atoms with E-state index in [1.807, 2.05) is 6.92 Å². The van der Waals surface area contributed by atoms with E-state index in [4.69, 9.17) is 14.6 Å². The lowest BCUT2D eigenvalue weighted by Crippen LogP contribution is -2.17. The molecule has 0 aliphatic heterocycles. The maximum absolute atomic E-state index is 11.4. The lowest BCUT2D eigenvalue weighted by molar-refractivity contribution is -0.173. The number of hydrogen-bond donors (Lipinski definition) is 1. The standard InChI is InChI=1S/C14H26O5/c1-3-18-12(2)19-14(17)11-9-7-5-4-6-8-10-13(15)16/h12H,3-11H2,1-2H3,(H,15,16). The highest BCUT2D eigenvalue weighted by Gasteiger charge is 2.08. The normalized spacial score (nSPS) is 12.1. The van der Waals surface area contributed by atoms with Gasteiger partial charge in [-0.25, -0.2) is 0 Å². The van der Waals surface area contributed by atoms with Crippen LogP contribution in [0.1, 0.15) is 65.2 Å². The van der Waals surface area contributed by atoms with Crippen LogP contribution >= 0.6 is 0 Å². The van der Waals surface area contributed by atoms with Crippen LogP contribution in [0.5, 0.6) is 0 Å². The van der Waals surface area contributed by atoms with Crippen molar-refractivity contribution in [3.05, 3.63) is 0 Å². The number of esters is 1. The second-order valence-corrected chi connectivity index (χ2v) is 4.53. The number of hydrogen-bond acceptors (Lipinski definition) is 4. The van der Waals surface area contributed by atoms with Gasteiger partial charge >= 0.3 is 11.9 Å². The molecule has 1 unspecified atom stereocenters. The Morgan fingerprint density at radius 1 is 1.00 bits per heavy atom. The third-order valence-electron chi connectivity index (χ3n) is 2.72. The Hall–Kier alpha value is -1.10. The molecule has 0 heterocycles. The first-order valence-corrected chi connectivity index (χ1v) is 7.09. The Morgan fingerprint density at radius 2 is 1.53 bits per heavy atom. The monoisotopic (exact) mass is 274 g/mol. The second kappa shape index (κ2) is 12.0. The molecule has 5 heteroatoms. The molecule has 1 N–H and O–H groups in total. The molecule has 19 heavy (non-hydrogen) atoms. The first-order chi connectivity index (χ1) is 9.06. The van der Waals surface area contributed by atoms with Gasteiger partial charge in [0.1, 0.15) is 0 Å². The number of rotatable bonds is 12. The van der Waals surface area contributed by atoms with Gasteiger partial charge in [-0.3, -0.25) is 9.59 Å². The lowest BCUT2D eigenvalue weighted by atomic mass is 10.1. The number of carbonyl (C=O) groups is 2. The zero-order chi connectivity index (χ0) is 14.5. The van der Waals surface area contributed by atoms with Crippen LogP contribution in [0.15, 0.2) is 0 Å². The van der Waals surface area contributed by atoms with Crippen LogP contribution in [-0.2, 0) is 19.1 Å². The third kappa shape index (κ3) is 13.1. The Kier molecular flexibility index (Phi) is 11.3. The Morgan fingerprint density at radius 3 is 2.05 bits per heavy atom. The minimum Gasteiger partial charge on any atom is -0.481 e. The first-order valence-electron chi connectivity index (χ1n) is 7.09. The second-order valence-electron chi connectivity index (χ2n) is 4.53. The highest BCUT2D eigenvalue weighted by Crippen LogP contribution is 2.09.